The summed E-state index contributed by atoms with van der Waals surface area (Å²) in [6.45, 7) is -0.259. The SMILES string of the molecule is CN1[C@H]2C[C@H](OC(=O)[C@H](CO)c3ccccc3)C[C@H]1[C@@H](O)C2. The molecule has 22 heavy (non-hydrogen) atoms. The molecule has 0 aliphatic carbocycles. The molecule has 1 aromatic rings. The van der Waals surface area contributed by atoms with Crippen molar-refractivity contribution in [3.05, 3.63) is 35.9 Å². The Hall–Kier alpha value is -1.43. The van der Waals surface area contributed by atoms with Crippen LogP contribution in [-0.4, -0.2) is 59.0 Å². The Morgan fingerprint density at radius 1 is 1.32 bits per heavy atom. The van der Waals surface area contributed by atoms with Gasteiger partial charge in [0.15, 0.2) is 0 Å². The lowest BCUT2D eigenvalue weighted by atomic mass is 9.98. The molecule has 0 unspecified atom stereocenters. The Morgan fingerprint density at radius 2 is 2.05 bits per heavy atom. The van der Waals surface area contributed by atoms with Gasteiger partial charge in [-0.3, -0.25) is 9.69 Å². The molecule has 5 heteroatoms. The largest absolute Gasteiger partial charge is 0.462 e. The number of rotatable bonds is 4. The Kier molecular flexibility index (Phi) is 4.47. The minimum Gasteiger partial charge on any atom is -0.462 e. The number of piperidine rings is 1. The van der Waals surface area contributed by atoms with Gasteiger partial charge in [-0.2, -0.15) is 0 Å². The van der Waals surface area contributed by atoms with Crippen molar-refractivity contribution in [1.29, 1.82) is 0 Å². The highest BCUT2D eigenvalue weighted by Gasteiger charge is 2.45. The Bertz CT molecular complexity index is 521. The van der Waals surface area contributed by atoms with Crippen LogP contribution in [0.2, 0.25) is 0 Å². The molecule has 2 heterocycles. The number of fused-ring (bicyclic) bond motifs is 2. The number of aliphatic hydroxyl groups excluding tert-OH is 2. The predicted molar refractivity (Wildman–Crippen MR) is 81.3 cm³/mol. The van der Waals surface area contributed by atoms with E-state index in [4.69, 9.17) is 4.74 Å². The zero-order valence-electron chi connectivity index (χ0n) is 12.8. The van der Waals surface area contributed by atoms with Gasteiger partial charge in [0.05, 0.1) is 12.7 Å². The highest BCUT2D eigenvalue weighted by Crippen LogP contribution is 2.36. The standard InChI is InChI=1S/C17H23NO4/c1-18-12-7-13(9-15(18)16(20)8-12)22-17(21)14(10-19)11-5-3-2-4-6-11/h2-6,12-16,19-20H,7-10H2,1H3/t12-,13-,14+,15-,16-/m0/s1. The van der Waals surface area contributed by atoms with Crippen LogP contribution in [0.3, 0.4) is 0 Å². The van der Waals surface area contributed by atoms with Crippen molar-refractivity contribution in [1.82, 2.24) is 4.90 Å². The fourth-order valence-electron chi connectivity index (χ4n) is 3.74. The van der Waals surface area contributed by atoms with E-state index < -0.39 is 5.92 Å². The molecule has 0 saturated carbocycles. The van der Waals surface area contributed by atoms with Crippen LogP contribution in [0.5, 0.6) is 0 Å². The Labute approximate surface area is 130 Å². The second-order valence-corrected chi connectivity index (χ2v) is 6.37. The summed E-state index contributed by atoms with van der Waals surface area (Å²) >= 11 is 0. The van der Waals surface area contributed by atoms with Crippen LogP contribution >= 0.6 is 0 Å². The molecule has 2 aliphatic heterocycles. The molecule has 2 bridgehead atoms. The average molecular weight is 305 g/mol. The van der Waals surface area contributed by atoms with E-state index in [1.807, 2.05) is 37.4 Å². The minimum atomic E-state index is -0.636. The first-order chi connectivity index (χ1) is 10.6. The number of hydrogen-bond donors (Lipinski definition) is 2. The number of carbonyl (C=O) groups excluding carboxylic acids is 1. The van der Waals surface area contributed by atoms with Crippen LogP contribution in [0.15, 0.2) is 30.3 Å². The third-order valence-corrected chi connectivity index (χ3v) is 5.05. The molecule has 2 N–H and O–H groups in total. The zero-order chi connectivity index (χ0) is 15.7. The van der Waals surface area contributed by atoms with Gasteiger partial charge < -0.3 is 14.9 Å². The Balaban J connectivity index is 1.65. The van der Waals surface area contributed by atoms with Crippen LogP contribution in [-0.2, 0) is 9.53 Å². The summed E-state index contributed by atoms with van der Waals surface area (Å²) in [4.78, 5) is 14.6. The molecule has 1 aromatic carbocycles. The first-order valence-electron chi connectivity index (χ1n) is 7.86. The van der Waals surface area contributed by atoms with Crippen LogP contribution in [0, 0.1) is 0 Å². The summed E-state index contributed by atoms with van der Waals surface area (Å²) in [7, 11) is 2.02. The highest BCUT2D eigenvalue weighted by atomic mass is 16.5. The third kappa shape index (κ3) is 2.89. The zero-order valence-corrected chi connectivity index (χ0v) is 12.8. The summed E-state index contributed by atoms with van der Waals surface area (Å²) in [6.07, 6.45) is 1.66. The van der Waals surface area contributed by atoms with E-state index in [2.05, 4.69) is 4.90 Å². The predicted octanol–water partition coefficient (Wildman–Crippen LogP) is 0.902. The first kappa shape index (κ1) is 15.5. The van der Waals surface area contributed by atoms with E-state index >= 15 is 0 Å². The monoisotopic (exact) mass is 305 g/mol. The number of benzene rings is 1. The quantitative estimate of drug-likeness (QED) is 0.809. The molecule has 0 amide bonds. The van der Waals surface area contributed by atoms with E-state index in [1.165, 1.54) is 0 Å². The molecule has 0 radical (unpaired) electrons. The van der Waals surface area contributed by atoms with E-state index in [1.54, 1.807) is 0 Å². The molecule has 5 atom stereocenters. The van der Waals surface area contributed by atoms with Crippen molar-refractivity contribution in [2.45, 2.75) is 49.5 Å². The smallest absolute Gasteiger partial charge is 0.316 e. The summed E-state index contributed by atoms with van der Waals surface area (Å²) in [5.74, 6) is -1.01. The number of aliphatic hydroxyl groups is 2. The second-order valence-electron chi connectivity index (χ2n) is 6.37. The lowest BCUT2D eigenvalue weighted by Crippen LogP contribution is -2.45. The lowest BCUT2D eigenvalue weighted by molar-refractivity contribution is -0.155. The maximum absolute atomic E-state index is 12.4. The van der Waals surface area contributed by atoms with Crippen molar-refractivity contribution in [3.8, 4) is 0 Å². The molecule has 5 nitrogen and oxygen atoms in total. The first-order valence-corrected chi connectivity index (χ1v) is 7.86. The molecule has 0 aromatic heterocycles. The fraction of sp³-hybridized carbons (Fsp3) is 0.588. The number of nitrogens with zero attached hydrogens (tertiary/aromatic N) is 1. The van der Waals surface area contributed by atoms with Gasteiger partial charge in [0.2, 0.25) is 0 Å². The third-order valence-electron chi connectivity index (χ3n) is 5.05. The molecule has 120 valence electrons. The number of carbonyl (C=O) groups is 1. The lowest BCUT2D eigenvalue weighted by Gasteiger charge is -2.36. The van der Waals surface area contributed by atoms with Crippen LogP contribution in [0.4, 0.5) is 0 Å². The van der Waals surface area contributed by atoms with Gasteiger partial charge in [-0.25, -0.2) is 0 Å². The summed E-state index contributed by atoms with van der Waals surface area (Å²) in [5, 5.41) is 19.6. The maximum atomic E-state index is 12.4. The second kappa shape index (κ2) is 6.36. The van der Waals surface area contributed by atoms with E-state index in [-0.39, 0.29) is 36.9 Å². The normalized spacial score (nSPS) is 32.7. The van der Waals surface area contributed by atoms with E-state index in [0.717, 1.165) is 18.4 Å². The summed E-state index contributed by atoms with van der Waals surface area (Å²) in [5.41, 5.74) is 0.769. The number of esters is 1. The van der Waals surface area contributed by atoms with Crippen LogP contribution in [0.25, 0.3) is 0 Å². The molecule has 2 aliphatic rings. The number of likely N-dealkylation sites (N-methyl/N-ethyl adjacent to an activating group) is 1. The van der Waals surface area contributed by atoms with Gasteiger partial charge in [-0.15, -0.1) is 0 Å². The minimum absolute atomic E-state index is 0.0702. The number of hydrogen-bond acceptors (Lipinski definition) is 5. The number of ether oxygens (including phenoxy) is 1. The van der Waals surface area contributed by atoms with Crippen molar-refractivity contribution >= 4 is 5.97 Å². The average Bonchev–Trinajstić information content (AvgIpc) is 2.68. The van der Waals surface area contributed by atoms with Gasteiger partial charge in [0, 0.05) is 24.9 Å². The molecule has 0 spiro atoms. The van der Waals surface area contributed by atoms with E-state index in [9.17, 15) is 15.0 Å². The van der Waals surface area contributed by atoms with Gasteiger partial charge in [-0.05, 0) is 19.0 Å². The van der Waals surface area contributed by atoms with Gasteiger partial charge in [0.25, 0.3) is 0 Å². The van der Waals surface area contributed by atoms with Crippen molar-refractivity contribution in [3.63, 3.8) is 0 Å². The van der Waals surface area contributed by atoms with Gasteiger partial charge in [0.1, 0.15) is 12.0 Å². The molecule has 3 rings (SSSR count). The van der Waals surface area contributed by atoms with Gasteiger partial charge in [-0.1, -0.05) is 30.3 Å². The maximum Gasteiger partial charge on any atom is 0.316 e. The molecule has 2 fully saturated rings. The summed E-state index contributed by atoms with van der Waals surface area (Å²) < 4.78 is 5.64. The summed E-state index contributed by atoms with van der Waals surface area (Å²) in [6, 6.07) is 9.56. The molecule has 2 saturated heterocycles. The molecular formula is C17H23NO4. The Morgan fingerprint density at radius 3 is 2.68 bits per heavy atom. The fourth-order valence-corrected chi connectivity index (χ4v) is 3.74. The van der Waals surface area contributed by atoms with Crippen molar-refractivity contribution in [2.24, 2.45) is 0 Å². The van der Waals surface area contributed by atoms with E-state index in [0.29, 0.717) is 6.42 Å². The van der Waals surface area contributed by atoms with Gasteiger partial charge >= 0.3 is 5.97 Å². The van der Waals surface area contributed by atoms with Crippen LogP contribution < -0.4 is 0 Å². The molecular weight excluding hydrogens is 282 g/mol. The van der Waals surface area contributed by atoms with Crippen molar-refractivity contribution < 1.29 is 19.7 Å². The van der Waals surface area contributed by atoms with Crippen molar-refractivity contribution in [2.75, 3.05) is 13.7 Å². The van der Waals surface area contributed by atoms with Crippen LogP contribution in [0.1, 0.15) is 30.7 Å². The topological polar surface area (TPSA) is 70.0 Å². The highest BCUT2D eigenvalue weighted by molar-refractivity contribution is 5.78.